The predicted molar refractivity (Wildman–Crippen MR) is 76.5 cm³/mol. The van der Waals surface area contributed by atoms with Gasteiger partial charge in [0.15, 0.2) is 0 Å². The number of nitrogens with zero attached hydrogens (tertiary/aromatic N) is 1. The van der Waals surface area contributed by atoms with E-state index in [0.29, 0.717) is 0 Å². The number of rotatable bonds is 4. The molecule has 21 heavy (non-hydrogen) atoms. The van der Waals surface area contributed by atoms with Crippen LogP contribution in [-0.2, 0) is 6.61 Å². The van der Waals surface area contributed by atoms with E-state index in [9.17, 15) is 14.4 Å². The molecule has 0 amide bonds. The molecule has 0 spiro atoms. The van der Waals surface area contributed by atoms with Crippen LogP contribution in [0.2, 0.25) is 0 Å². The molecule has 0 aromatic heterocycles. The number of halogens is 1. The molecule has 6 heteroatoms. The maximum Gasteiger partial charge on any atom is 0.492 e. The Morgan fingerprint density at radius 3 is 2.62 bits per heavy atom. The summed E-state index contributed by atoms with van der Waals surface area (Å²) in [5.41, 5.74) is 1.60. The van der Waals surface area contributed by atoms with Crippen LogP contribution < -0.4 is 10.2 Å². The molecular formula is C15H13BFNO3. The number of hydrogen-bond acceptors (Lipinski definition) is 4. The fourth-order valence-corrected chi connectivity index (χ4v) is 1.89. The molecule has 0 bridgehead atoms. The van der Waals surface area contributed by atoms with Crippen molar-refractivity contribution in [3.05, 3.63) is 58.9 Å². The summed E-state index contributed by atoms with van der Waals surface area (Å²) >= 11 is 0. The van der Waals surface area contributed by atoms with Gasteiger partial charge in [-0.2, -0.15) is 5.26 Å². The molecule has 0 aliphatic carbocycles. The summed E-state index contributed by atoms with van der Waals surface area (Å²) in [7, 11) is -1.66. The van der Waals surface area contributed by atoms with Gasteiger partial charge in [-0.15, -0.1) is 0 Å². The molecule has 2 N–H and O–H groups in total. The predicted octanol–water partition coefficient (Wildman–Crippen LogP) is 1.26. The molecule has 4 nitrogen and oxygen atoms in total. The Morgan fingerprint density at radius 2 is 2.00 bits per heavy atom. The fourth-order valence-electron chi connectivity index (χ4n) is 1.89. The van der Waals surface area contributed by atoms with Gasteiger partial charge in [0, 0.05) is 11.0 Å². The van der Waals surface area contributed by atoms with Crippen LogP contribution in [0.15, 0.2) is 36.4 Å². The lowest BCUT2D eigenvalue weighted by Crippen LogP contribution is -2.31. The summed E-state index contributed by atoms with van der Waals surface area (Å²) in [5.74, 6) is -0.258. The summed E-state index contributed by atoms with van der Waals surface area (Å²) < 4.78 is 19.2. The Hall–Kier alpha value is -2.36. The van der Waals surface area contributed by atoms with Crippen molar-refractivity contribution < 1.29 is 19.2 Å². The van der Waals surface area contributed by atoms with Crippen LogP contribution in [0.4, 0.5) is 4.39 Å². The van der Waals surface area contributed by atoms with Crippen molar-refractivity contribution >= 4 is 12.6 Å². The third kappa shape index (κ3) is 3.60. The van der Waals surface area contributed by atoms with Crippen LogP contribution in [0.1, 0.15) is 16.7 Å². The van der Waals surface area contributed by atoms with Crippen molar-refractivity contribution in [3.63, 3.8) is 0 Å². The number of hydrogen-bond donors (Lipinski definition) is 2. The first kappa shape index (κ1) is 15.0. The number of aryl methyl sites for hydroxylation is 1. The Morgan fingerprint density at radius 1 is 1.24 bits per heavy atom. The minimum absolute atomic E-state index is 0.0691. The van der Waals surface area contributed by atoms with E-state index in [2.05, 4.69) is 0 Å². The minimum Gasteiger partial charge on any atom is -0.489 e. The van der Waals surface area contributed by atoms with Gasteiger partial charge in [-0.1, -0.05) is 23.8 Å². The molecular weight excluding hydrogens is 272 g/mol. The zero-order valence-electron chi connectivity index (χ0n) is 11.4. The average molecular weight is 285 g/mol. The Labute approximate surface area is 122 Å². The molecule has 2 aromatic rings. The molecule has 106 valence electrons. The van der Waals surface area contributed by atoms with Gasteiger partial charge in [-0.25, -0.2) is 4.39 Å². The molecule has 0 radical (unpaired) electrons. The van der Waals surface area contributed by atoms with E-state index in [0.717, 1.165) is 11.6 Å². The Balaban J connectivity index is 2.19. The van der Waals surface area contributed by atoms with Gasteiger partial charge < -0.3 is 14.8 Å². The summed E-state index contributed by atoms with van der Waals surface area (Å²) in [6.45, 7) is 1.75. The molecule has 2 rings (SSSR count). The minimum atomic E-state index is -1.66. The third-order valence-corrected chi connectivity index (χ3v) is 3.01. The smallest absolute Gasteiger partial charge is 0.489 e. The molecule has 0 saturated carbocycles. The van der Waals surface area contributed by atoms with Crippen molar-refractivity contribution in [2.45, 2.75) is 13.5 Å². The quantitative estimate of drug-likeness (QED) is 0.829. The number of ether oxygens (including phenoxy) is 1. The zero-order chi connectivity index (χ0) is 15.4. The van der Waals surface area contributed by atoms with E-state index < -0.39 is 12.9 Å². The van der Waals surface area contributed by atoms with Gasteiger partial charge in [0.1, 0.15) is 18.2 Å². The first-order valence-corrected chi connectivity index (χ1v) is 6.29. The highest BCUT2D eigenvalue weighted by Gasteiger charge is 2.17. The van der Waals surface area contributed by atoms with Crippen LogP contribution >= 0.6 is 0 Å². The van der Waals surface area contributed by atoms with Crippen LogP contribution in [0.5, 0.6) is 5.75 Å². The van der Waals surface area contributed by atoms with Crippen molar-refractivity contribution in [2.24, 2.45) is 0 Å². The molecule has 0 atom stereocenters. The first-order valence-electron chi connectivity index (χ1n) is 6.29. The fraction of sp³-hybridized carbons (Fsp3) is 0.133. The molecule has 2 aromatic carbocycles. The summed E-state index contributed by atoms with van der Waals surface area (Å²) in [6, 6.07) is 10.9. The maximum absolute atomic E-state index is 13.7. The molecule has 0 saturated heterocycles. The lowest BCUT2D eigenvalue weighted by Gasteiger charge is -2.12. The number of benzene rings is 2. The van der Waals surface area contributed by atoms with E-state index in [1.165, 1.54) is 12.1 Å². The Bertz CT molecular complexity index is 698. The molecule has 0 fully saturated rings. The Kier molecular flexibility index (Phi) is 4.58. The van der Waals surface area contributed by atoms with Crippen LogP contribution in [0.3, 0.4) is 0 Å². The highest BCUT2D eigenvalue weighted by atomic mass is 19.1. The number of nitriles is 1. The van der Waals surface area contributed by atoms with Gasteiger partial charge in [-0.3, -0.25) is 0 Å². The average Bonchev–Trinajstić information content (AvgIpc) is 2.46. The van der Waals surface area contributed by atoms with Crippen LogP contribution in [0, 0.1) is 24.1 Å². The highest BCUT2D eigenvalue weighted by molar-refractivity contribution is 6.59. The SMILES string of the molecule is Cc1ccc(OCc2ccc(C#N)cc2F)c(B(O)O)c1. The van der Waals surface area contributed by atoms with E-state index in [1.54, 1.807) is 18.2 Å². The second-order valence-corrected chi connectivity index (χ2v) is 4.62. The van der Waals surface area contributed by atoms with E-state index in [4.69, 9.17) is 10.00 Å². The second-order valence-electron chi connectivity index (χ2n) is 4.62. The first-order chi connectivity index (χ1) is 10.0. The molecule has 0 unspecified atom stereocenters. The van der Waals surface area contributed by atoms with Crippen LogP contribution in [0.25, 0.3) is 0 Å². The van der Waals surface area contributed by atoms with Gasteiger partial charge in [0.05, 0.1) is 11.6 Å². The van der Waals surface area contributed by atoms with E-state index in [-0.39, 0.29) is 28.9 Å². The lowest BCUT2D eigenvalue weighted by molar-refractivity contribution is 0.300. The normalized spacial score (nSPS) is 10.0. The van der Waals surface area contributed by atoms with Gasteiger partial charge >= 0.3 is 7.12 Å². The van der Waals surface area contributed by atoms with Crippen molar-refractivity contribution in [2.75, 3.05) is 0 Å². The zero-order valence-corrected chi connectivity index (χ0v) is 11.4. The van der Waals surface area contributed by atoms with E-state index in [1.807, 2.05) is 13.0 Å². The molecule has 0 heterocycles. The van der Waals surface area contributed by atoms with Crippen molar-refractivity contribution in [1.82, 2.24) is 0 Å². The van der Waals surface area contributed by atoms with Crippen molar-refractivity contribution in [1.29, 1.82) is 5.26 Å². The monoisotopic (exact) mass is 285 g/mol. The van der Waals surface area contributed by atoms with E-state index >= 15 is 0 Å². The summed E-state index contributed by atoms with van der Waals surface area (Å²) in [5, 5.41) is 27.3. The van der Waals surface area contributed by atoms with Crippen molar-refractivity contribution in [3.8, 4) is 11.8 Å². The van der Waals surface area contributed by atoms with Gasteiger partial charge in [-0.05, 0) is 25.1 Å². The lowest BCUT2D eigenvalue weighted by atomic mass is 9.79. The summed E-state index contributed by atoms with van der Waals surface area (Å²) in [4.78, 5) is 0. The standard InChI is InChI=1S/C15H13BFNO3/c1-10-2-5-15(13(6-10)16(19)20)21-9-12-4-3-11(8-18)7-14(12)17/h2-7,19-20H,9H2,1H3. The van der Waals surface area contributed by atoms with Crippen LogP contribution in [-0.4, -0.2) is 17.2 Å². The third-order valence-electron chi connectivity index (χ3n) is 3.01. The topological polar surface area (TPSA) is 73.5 Å². The second kappa shape index (κ2) is 6.40. The van der Waals surface area contributed by atoms with Gasteiger partial charge in [0.25, 0.3) is 0 Å². The molecule has 0 aliphatic rings. The largest absolute Gasteiger partial charge is 0.492 e. The highest BCUT2D eigenvalue weighted by Crippen LogP contribution is 2.15. The van der Waals surface area contributed by atoms with Gasteiger partial charge in [0.2, 0.25) is 0 Å². The summed E-state index contributed by atoms with van der Waals surface area (Å²) in [6.07, 6.45) is 0. The maximum atomic E-state index is 13.7. The molecule has 0 aliphatic heterocycles.